The molecule has 0 aromatic heterocycles. The highest BCUT2D eigenvalue weighted by Crippen LogP contribution is 2.29. The topological polar surface area (TPSA) is 55.8 Å². The fourth-order valence-electron chi connectivity index (χ4n) is 3.12. The minimum atomic E-state index is -0.311. The highest BCUT2D eigenvalue weighted by Gasteiger charge is 2.22. The lowest BCUT2D eigenvalue weighted by atomic mass is 10.1. The van der Waals surface area contributed by atoms with Crippen LogP contribution >= 0.6 is 0 Å². The summed E-state index contributed by atoms with van der Waals surface area (Å²) < 4.78 is 11.7. The summed E-state index contributed by atoms with van der Waals surface area (Å²) in [6.45, 7) is 7.59. The molecule has 0 heterocycles. The first kappa shape index (κ1) is 23.4. The Bertz CT molecular complexity index is 819. The first-order valence-electron chi connectivity index (χ1n) is 10.4. The number of hydrogen-bond donors (Lipinski definition) is 0. The fourth-order valence-corrected chi connectivity index (χ4v) is 3.12. The van der Waals surface area contributed by atoms with Gasteiger partial charge in [0.2, 0.25) is 0 Å². The zero-order valence-electron chi connectivity index (χ0n) is 18.5. The summed E-state index contributed by atoms with van der Waals surface area (Å²) in [5.74, 6) is 0.0812. The molecular weight excluding hydrogens is 380 g/mol. The summed E-state index contributed by atoms with van der Waals surface area (Å²) in [6.07, 6.45) is 0.110. The molecule has 0 atom stereocenters. The maximum atomic E-state index is 13.2. The van der Waals surface area contributed by atoms with Gasteiger partial charge in [0.1, 0.15) is 18.9 Å². The number of amides is 1. The maximum Gasteiger partial charge on any atom is 0.307 e. The molecule has 2 aromatic rings. The van der Waals surface area contributed by atoms with E-state index in [1.807, 2.05) is 36.4 Å². The second-order valence-electron chi connectivity index (χ2n) is 7.44. The molecule has 0 N–H and O–H groups in total. The molecule has 1 amide bonds. The Kier molecular flexibility index (Phi) is 8.87. The molecular formula is C24H33N2O4+. The van der Waals surface area contributed by atoms with E-state index in [1.54, 1.807) is 30.2 Å². The van der Waals surface area contributed by atoms with Gasteiger partial charge in [0, 0.05) is 12.1 Å². The summed E-state index contributed by atoms with van der Waals surface area (Å²) in [7, 11) is 3.71. The molecule has 6 heteroatoms. The van der Waals surface area contributed by atoms with Gasteiger partial charge in [-0.2, -0.15) is 0 Å². The highest BCUT2D eigenvalue weighted by atomic mass is 16.5. The quantitative estimate of drug-likeness (QED) is 0.416. The van der Waals surface area contributed by atoms with Gasteiger partial charge in [-0.15, -0.1) is 0 Å². The van der Waals surface area contributed by atoms with Crippen LogP contribution in [-0.2, 0) is 9.53 Å². The number of ether oxygens (including phenoxy) is 2. The molecule has 6 nitrogen and oxygen atoms in total. The Morgan fingerprint density at radius 1 is 0.967 bits per heavy atom. The number of carbonyl (C=O) groups is 2. The van der Waals surface area contributed by atoms with E-state index in [0.717, 1.165) is 24.1 Å². The van der Waals surface area contributed by atoms with Crippen molar-refractivity contribution in [2.24, 2.45) is 0 Å². The minimum absolute atomic E-state index is 0.110. The van der Waals surface area contributed by atoms with E-state index in [2.05, 4.69) is 20.9 Å². The summed E-state index contributed by atoms with van der Waals surface area (Å²) in [5.41, 5.74) is 1.18. The average Bonchev–Trinajstić information content (AvgIpc) is 2.79. The summed E-state index contributed by atoms with van der Waals surface area (Å²) in [5, 5.41) is 0. The van der Waals surface area contributed by atoms with Crippen LogP contribution in [0.3, 0.4) is 0 Å². The van der Waals surface area contributed by atoms with E-state index in [1.165, 1.54) is 0 Å². The lowest BCUT2D eigenvalue weighted by Crippen LogP contribution is -2.46. The second kappa shape index (κ2) is 11.4. The van der Waals surface area contributed by atoms with Crippen molar-refractivity contribution in [1.29, 1.82) is 0 Å². The number of para-hydroxylation sites is 2. The number of hydrogen-bond acceptors (Lipinski definition) is 4. The van der Waals surface area contributed by atoms with Gasteiger partial charge in [0.05, 0.1) is 39.4 Å². The van der Waals surface area contributed by atoms with Crippen molar-refractivity contribution in [3.63, 3.8) is 0 Å². The largest absolute Gasteiger partial charge is 0.495 e. The predicted octanol–water partition coefficient (Wildman–Crippen LogP) is 3.76. The molecule has 162 valence electrons. The zero-order chi connectivity index (χ0) is 22.0. The van der Waals surface area contributed by atoms with Crippen LogP contribution in [0.15, 0.2) is 54.6 Å². The van der Waals surface area contributed by atoms with Gasteiger partial charge in [0.15, 0.2) is 0 Å². The first-order chi connectivity index (χ1) is 14.4. The van der Waals surface area contributed by atoms with Crippen molar-refractivity contribution in [3.05, 3.63) is 60.2 Å². The number of esters is 1. The van der Waals surface area contributed by atoms with E-state index in [9.17, 15) is 9.59 Å². The number of benzene rings is 2. The van der Waals surface area contributed by atoms with E-state index in [4.69, 9.17) is 9.47 Å². The number of carbonyl (C=O) groups excluding carboxylic acids is 2. The van der Waals surface area contributed by atoms with Gasteiger partial charge in [-0.1, -0.05) is 30.3 Å². The third kappa shape index (κ3) is 6.32. The predicted molar refractivity (Wildman–Crippen MR) is 119 cm³/mol. The average molecular weight is 414 g/mol. The molecule has 30 heavy (non-hydrogen) atoms. The fraction of sp³-hybridized carbons (Fsp3) is 0.417. The third-order valence-electron chi connectivity index (χ3n) is 5.60. The second-order valence-corrected chi connectivity index (χ2v) is 7.44. The van der Waals surface area contributed by atoms with Gasteiger partial charge in [-0.05, 0) is 38.1 Å². The van der Waals surface area contributed by atoms with Crippen molar-refractivity contribution in [2.45, 2.75) is 20.3 Å². The number of nitrogens with zero attached hydrogens (tertiary/aromatic N) is 2. The normalized spacial score (nSPS) is 11.1. The van der Waals surface area contributed by atoms with Crippen LogP contribution in [0.25, 0.3) is 0 Å². The molecule has 0 fully saturated rings. The zero-order valence-corrected chi connectivity index (χ0v) is 18.5. The number of rotatable bonds is 11. The Morgan fingerprint density at radius 2 is 1.60 bits per heavy atom. The van der Waals surface area contributed by atoms with Crippen LogP contribution in [0.5, 0.6) is 5.75 Å². The number of likely N-dealkylation sites (N-methyl/N-ethyl adjacent to an activating group) is 1. The molecule has 0 spiro atoms. The molecule has 2 rings (SSSR count). The smallest absolute Gasteiger partial charge is 0.307 e. The number of quaternary nitrogens is 1. The SMILES string of the molecule is CC[N+](C)(CC)CCOC(=O)CCN(C(=O)c1ccccc1)c1ccccc1OC. The Hall–Kier alpha value is -2.86. The maximum absolute atomic E-state index is 13.2. The van der Waals surface area contributed by atoms with Crippen LogP contribution in [0.2, 0.25) is 0 Å². The monoisotopic (exact) mass is 413 g/mol. The van der Waals surface area contributed by atoms with Crippen molar-refractivity contribution >= 4 is 17.6 Å². The molecule has 0 unspecified atom stereocenters. The van der Waals surface area contributed by atoms with E-state index in [0.29, 0.717) is 23.6 Å². The van der Waals surface area contributed by atoms with E-state index < -0.39 is 0 Å². The van der Waals surface area contributed by atoms with E-state index >= 15 is 0 Å². The summed E-state index contributed by atoms with van der Waals surface area (Å²) in [6, 6.07) is 16.3. The highest BCUT2D eigenvalue weighted by molar-refractivity contribution is 6.07. The standard InChI is InChI=1S/C24H33N2O4/c1-5-26(3,6-2)18-19-30-23(27)16-17-25(21-14-10-11-15-22(21)29-4)24(28)20-12-8-7-9-13-20/h7-15H,5-6,16-19H2,1-4H3/q+1. The van der Waals surface area contributed by atoms with Gasteiger partial charge in [-0.25, -0.2) is 0 Å². The van der Waals surface area contributed by atoms with Crippen LogP contribution in [-0.4, -0.2) is 63.3 Å². The summed E-state index contributed by atoms with van der Waals surface area (Å²) in [4.78, 5) is 27.1. The van der Waals surface area contributed by atoms with Crippen molar-refractivity contribution in [1.82, 2.24) is 0 Å². The minimum Gasteiger partial charge on any atom is -0.495 e. The van der Waals surface area contributed by atoms with Crippen molar-refractivity contribution < 1.29 is 23.5 Å². The Morgan fingerprint density at radius 3 is 2.23 bits per heavy atom. The molecule has 2 aromatic carbocycles. The van der Waals surface area contributed by atoms with Crippen LogP contribution in [0, 0.1) is 0 Å². The lowest BCUT2D eigenvalue weighted by Gasteiger charge is -2.31. The van der Waals surface area contributed by atoms with Gasteiger partial charge in [0.25, 0.3) is 5.91 Å². The van der Waals surface area contributed by atoms with Crippen LogP contribution in [0.4, 0.5) is 5.69 Å². The molecule has 0 saturated carbocycles. The van der Waals surface area contributed by atoms with E-state index in [-0.39, 0.29) is 24.8 Å². The molecule has 0 radical (unpaired) electrons. The molecule has 0 aliphatic heterocycles. The number of methoxy groups -OCH3 is 1. The van der Waals surface area contributed by atoms with Gasteiger partial charge in [-0.3, -0.25) is 9.59 Å². The Labute approximate surface area is 179 Å². The van der Waals surface area contributed by atoms with Crippen LogP contribution in [0.1, 0.15) is 30.6 Å². The van der Waals surface area contributed by atoms with Crippen molar-refractivity contribution in [2.75, 3.05) is 51.8 Å². The van der Waals surface area contributed by atoms with Gasteiger partial charge < -0.3 is 18.9 Å². The Balaban J connectivity index is 2.09. The molecule has 0 saturated heterocycles. The third-order valence-corrected chi connectivity index (χ3v) is 5.60. The lowest BCUT2D eigenvalue weighted by molar-refractivity contribution is -0.906. The number of anilines is 1. The van der Waals surface area contributed by atoms with Crippen molar-refractivity contribution in [3.8, 4) is 5.75 Å². The molecule has 0 aliphatic carbocycles. The molecule has 0 aliphatic rings. The first-order valence-corrected chi connectivity index (χ1v) is 10.4. The van der Waals surface area contributed by atoms with Crippen LogP contribution < -0.4 is 9.64 Å². The summed E-state index contributed by atoms with van der Waals surface area (Å²) >= 11 is 0. The van der Waals surface area contributed by atoms with Gasteiger partial charge >= 0.3 is 5.97 Å². The molecule has 0 bridgehead atoms.